The molecular formula is C22H20O10. The standard InChI is InChI=1S/C22H20O10/c1-9-18(26)20(21(28)29)32-22(19(9)27)31-17-8-16-12(6-14(17)25)13(24)7-15(30-16)10-2-4-11(23)5-3-10/h2-9,18-20,22-23,25-27H,1H3,(H,28,29)/t9-,18-,19+,20-,22+/m0/s1. The van der Waals surface area contributed by atoms with Gasteiger partial charge < -0.3 is 39.4 Å². The highest BCUT2D eigenvalue weighted by Gasteiger charge is 2.46. The maximum absolute atomic E-state index is 12.5. The van der Waals surface area contributed by atoms with E-state index in [2.05, 4.69) is 0 Å². The third-order valence-corrected chi connectivity index (χ3v) is 5.39. The summed E-state index contributed by atoms with van der Waals surface area (Å²) in [6.07, 6.45) is -6.01. The van der Waals surface area contributed by atoms with Crippen molar-refractivity contribution < 1.29 is 44.2 Å². The fraction of sp³-hybridized carbons (Fsp3) is 0.273. The third-order valence-electron chi connectivity index (χ3n) is 5.39. The van der Waals surface area contributed by atoms with Gasteiger partial charge in [0.25, 0.3) is 0 Å². The lowest BCUT2D eigenvalue weighted by Crippen LogP contribution is -2.57. The van der Waals surface area contributed by atoms with Crippen molar-refractivity contribution in [3.63, 3.8) is 0 Å². The van der Waals surface area contributed by atoms with Crippen LogP contribution in [-0.4, -0.2) is 56.1 Å². The molecule has 5 atom stereocenters. The van der Waals surface area contributed by atoms with Gasteiger partial charge in [-0.25, -0.2) is 4.79 Å². The van der Waals surface area contributed by atoms with E-state index < -0.39 is 47.7 Å². The number of aliphatic carboxylic acids is 1. The second-order valence-corrected chi connectivity index (χ2v) is 7.56. The van der Waals surface area contributed by atoms with E-state index in [1.807, 2.05) is 0 Å². The van der Waals surface area contributed by atoms with Crippen molar-refractivity contribution in [2.24, 2.45) is 5.92 Å². The Morgan fingerprint density at radius 3 is 2.38 bits per heavy atom. The van der Waals surface area contributed by atoms with Crippen LogP contribution >= 0.6 is 0 Å². The number of carbonyl (C=O) groups is 1. The molecule has 0 spiro atoms. The minimum atomic E-state index is -1.64. The molecular weight excluding hydrogens is 424 g/mol. The van der Waals surface area contributed by atoms with Gasteiger partial charge in [-0.3, -0.25) is 4.79 Å². The topological polar surface area (TPSA) is 167 Å². The Hall–Kier alpha value is -3.60. The van der Waals surface area contributed by atoms with E-state index in [0.29, 0.717) is 5.56 Å². The van der Waals surface area contributed by atoms with Crippen molar-refractivity contribution in [2.45, 2.75) is 31.5 Å². The number of aliphatic hydroxyl groups excluding tert-OH is 2. The number of carboxylic acid groups (broad SMARTS) is 1. The molecule has 0 amide bonds. The maximum Gasteiger partial charge on any atom is 0.335 e. The molecule has 1 saturated heterocycles. The number of aromatic hydroxyl groups is 2. The first-order valence-corrected chi connectivity index (χ1v) is 9.67. The van der Waals surface area contributed by atoms with Crippen LogP contribution in [0.15, 0.2) is 51.7 Å². The van der Waals surface area contributed by atoms with E-state index in [1.54, 1.807) is 12.1 Å². The molecule has 0 aliphatic carbocycles. The molecule has 2 aromatic carbocycles. The third kappa shape index (κ3) is 3.86. The summed E-state index contributed by atoms with van der Waals surface area (Å²) in [5, 5.41) is 49.4. The molecule has 1 aromatic heterocycles. The average molecular weight is 444 g/mol. The molecule has 0 saturated carbocycles. The smallest absolute Gasteiger partial charge is 0.335 e. The minimum absolute atomic E-state index is 0.0440. The van der Waals surface area contributed by atoms with E-state index >= 15 is 0 Å². The molecule has 168 valence electrons. The molecule has 0 radical (unpaired) electrons. The van der Waals surface area contributed by atoms with Crippen LogP contribution in [0.2, 0.25) is 0 Å². The van der Waals surface area contributed by atoms with Crippen LogP contribution in [0.3, 0.4) is 0 Å². The van der Waals surface area contributed by atoms with Crippen molar-refractivity contribution in [2.75, 3.05) is 0 Å². The van der Waals surface area contributed by atoms with Gasteiger partial charge in [-0.1, -0.05) is 6.92 Å². The number of rotatable bonds is 4. The summed E-state index contributed by atoms with van der Waals surface area (Å²) < 4.78 is 16.5. The van der Waals surface area contributed by atoms with Crippen molar-refractivity contribution in [1.29, 1.82) is 0 Å². The highest BCUT2D eigenvalue weighted by Crippen LogP contribution is 2.35. The molecule has 2 heterocycles. The van der Waals surface area contributed by atoms with Gasteiger partial charge in [0, 0.05) is 23.6 Å². The van der Waals surface area contributed by atoms with Gasteiger partial charge in [0.2, 0.25) is 6.29 Å². The van der Waals surface area contributed by atoms with Crippen LogP contribution in [0.25, 0.3) is 22.3 Å². The average Bonchev–Trinajstić information content (AvgIpc) is 2.75. The van der Waals surface area contributed by atoms with Gasteiger partial charge in [0.05, 0.1) is 11.5 Å². The summed E-state index contributed by atoms with van der Waals surface area (Å²) in [4.78, 5) is 23.9. The number of phenols is 2. The second-order valence-electron chi connectivity index (χ2n) is 7.56. The Kier molecular flexibility index (Phi) is 5.51. The van der Waals surface area contributed by atoms with Gasteiger partial charge in [-0.2, -0.15) is 0 Å². The highest BCUT2D eigenvalue weighted by molar-refractivity contribution is 5.82. The molecule has 32 heavy (non-hydrogen) atoms. The van der Waals surface area contributed by atoms with Crippen LogP contribution in [0.1, 0.15) is 6.92 Å². The summed E-state index contributed by atoms with van der Waals surface area (Å²) in [7, 11) is 0. The monoisotopic (exact) mass is 444 g/mol. The lowest BCUT2D eigenvalue weighted by molar-refractivity contribution is -0.255. The number of aliphatic hydroxyl groups is 2. The molecule has 1 aliphatic rings. The number of ether oxygens (including phenoxy) is 2. The van der Waals surface area contributed by atoms with Crippen molar-refractivity contribution in [3.8, 4) is 28.6 Å². The molecule has 0 unspecified atom stereocenters. The zero-order valence-corrected chi connectivity index (χ0v) is 16.7. The Morgan fingerprint density at radius 1 is 1.03 bits per heavy atom. The first-order chi connectivity index (χ1) is 15.2. The van der Waals surface area contributed by atoms with Gasteiger partial charge in [0.1, 0.15) is 23.2 Å². The summed E-state index contributed by atoms with van der Waals surface area (Å²) >= 11 is 0. The number of fused-ring (bicyclic) bond motifs is 1. The molecule has 1 aliphatic heterocycles. The predicted molar refractivity (Wildman–Crippen MR) is 109 cm³/mol. The minimum Gasteiger partial charge on any atom is -0.508 e. The second kappa shape index (κ2) is 8.15. The summed E-state index contributed by atoms with van der Waals surface area (Å²) in [6, 6.07) is 9.56. The first kappa shape index (κ1) is 21.6. The van der Waals surface area contributed by atoms with Gasteiger partial charge in [0.15, 0.2) is 23.0 Å². The van der Waals surface area contributed by atoms with Crippen molar-refractivity contribution in [3.05, 3.63) is 52.7 Å². The molecule has 5 N–H and O–H groups in total. The fourth-order valence-corrected chi connectivity index (χ4v) is 3.49. The zero-order chi connectivity index (χ0) is 23.2. The maximum atomic E-state index is 12.5. The molecule has 10 nitrogen and oxygen atoms in total. The van der Waals surface area contributed by atoms with E-state index in [9.17, 15) is 35.1 Å². The zero-order valence-electron chi connectivity index (χ0n) is 16.7. The molecule has 0 bridgehead atoms. The highest BCUT2D eigenvalue weighted by atomic mass is 16.7. The largest absolute Gasteiger partial charge is 0.508 e. The van der Waals surface area contributed by atoms with Crippen LogP contribution in [0, 0.1) is 5.92 Å². The van der Waals surface area contributed by atoms with Crippen LogP contribution in [-0.2, 0) is 9.53 Å². The number of hydrogen-bond donors (Lipinski definition) is 5. The quantitative estimate of drug-likeness (QED) is 0.397. The van der Waals surface area contributed by atoms with Crippen LogP contribution in [0.4, 0.5) is 0 Å². The van der Waals surface area contributed by atoms with Crippen molar-refractivity contribution in [1.82, 2.24) is 0 Å². The van der Waals surface area contributed by atoms with Crippen LogP contribution in [0.5, 0.6) is 17.2 Å². The first-order valence-electron chi connectivity index (χ1n) is 9.67. The number of hydrogen-bond acceptors (Lipinski definition) is 9. The normalized spacial score (nSPS) is 25.5. The van der Waals surface area contributed by atoms with E-state index in [1.165, 1.54) is 31.2 Å². The summed E-state index contributed by atoms with van der Waals surface area (Å²) in [5.41, 5.74) is 0.143. The van der Waals surface area contributed by atoms with Gasteiger partial charge >= 0.3 is 5.97 Å². The lowest BCUT2D eigenvalue weighted by atomic mass is 9.90. The molecule has 3 aromatic rings. The lowest BCUT2D eigenvalue weighted by Gasteiger charge is -2.39. The Morgan fingerprint density at radius 2 is 1.72 bits per heavy atom. The summed E-state index contributed by atoms with van der Waals surface area (Å²) in [6.45, 7) is 1.44. The number of benzene rings is 2. The van der Waals surface area contributed by atoms with Gasteiger partial charge in [-0.05, 0) is 30.3 Å². The summed E-state index contributed by atoms with van der Waals surface area (Å²) in [5.74, 6) is -2.75. The number of phenolic OH excluding ortho intramolecular Hbond substituents is 2. The van der Waals surface area contributed by atoms with E-state index in [4.69, 9.17) is 13.9 Å². The van der Waals surface area contributed by atoms with Gasteiger partial charge in [-0.15, -0.1) is 0 Å². The Balaban J connectivity index is 1.71. The molecule has 10 heteroatoms. The number of carboxylic acids is 1. The van der Waals surface area contributed by atoms with E-state index in [-0.39, 0.29) is 28.2 Å². The molecule has 4 rings (SSSR count). The predicted octanol–water partition coefficient (Wildman–Crippen LogP) is 1.42. The van der Waals surface area contributed by atoms with Crippen molar-refractivity contribution >= 4 is 16.9 Å². The SMILES string of the molecule is C[C@@H]1[C@@H](O)[C@H](Oc2cc3oc(-c4ccc(O)cc4)cc(=O)c3cc2O)O[C@H](C(=O)O)[C@H]1O. The molecule has 1 fully saturated rings. The van der Waals surface area contributed by atoms with E-state index in [0.717, 1.165) is 6.07 Å². The fourth-order valence-electron chi connectivity index (χ4n) is 3.49. The Labute approximate surface area is 180 Å². The van der Waals surface area contributed by atoms with Crippen LogP contribution < -0.4 is 10.2 Å². The Bertz CT molecular complexity index is 1220.